The standard InChI is InChI=1S/C20H31N3O4/c1-4-9-21-20(25)14-23-10-7-16(8-11-23)22-19(24)12-15-5-6-17(26-2)13-18(15)27-3/h5-6,13,16H,4,7-12,14H2,1-3H3,(H,21,25)(H,22,24). The molecule has 150 valence electrons. The maximum absolute atomic E-state index is 12.4. The lowest BCUT2D eigenvalue weighted by Crippen LogP contribution is -2.47. The lowest BCUT2D eigenvalue weighted by atomic mass is 10.0. The molecule has 7 heteroatoms. The lowest BCUT2D eigenvalue weighted by Gasteiger charge is -2.31. The Morgan fingerprint density at radius 2 is 1.89 bits per heavy atom. The van der Waals surface area contributed by atoms with Gasteiger partial charge in [0.25, 0.3) is 0 Å². The number of benzene rings is 1. The van der Waals surface area contributed by atoms with Crippen LogP contribution in [0.25, 0.3) is 0 Å². The first kappa shape index (κ1) is 21.0. The van der Waals surface area contributed by atoms with E-state index in [-0.39, 0.29) is 24.3 Å². The van der Waals surface area contributed by atoms with E-state index >= 15 is 0 Å². The van der Waals surface area contributed by atoms with Gasteiger partial charge in [0.1, 0.15) is 11.5 Å². The molecule has 0 unspecified atom stereocenters. The van der Waals surface area contributed by atoms with Gasteiger partial charge in [-0.05, 0) is 25.3 Å². The summed E-state index contributed by atoms with van der Waals surface area (Å²) in [6.07, 6.45) is 2.92. The third-order valence-electron chi connectivity index (χ3n) is 4.74. The Morgan fingerprint density at radius 3 is 2.52 bits per heavy atom. The maximum Gasteiger partial charge on any atom is 0.234 e. The summed E-state index contributed by atoms with van der Waals surface area (Å²) in [5.74, 6) is 1.41. The largest absolute Gasteiger partial charge is 0.497 e. The Kier molecular flexibility index (Phi) is 8.39. The fourth-order valence-electron chi connectivity index (χ4n) is 3.21. The molecule has 1 aromatic rings. The van der Waals surface area contributed by atoms with Crippen molar-refractivity contribution in [2.24, 2.45) is 0 Å². The van der Waals surface area contributed by atoms with E-state index in [4.69, 9.17) is 9.47 Å². The summed E-state index contributed by atoms with van der Waals surface area (Å²) in [4.78, 5) is 26.3. The molecule has 1 heterocycles. The molecule has 0 radical (unpaired) electrons. The van der Waals surface area contributed by atoms with E-state index in [9.17, 15) is 9.59 Å². The summed E-state index contributed by atoms with van der Waals surface area (Å²) in [6, 6.07) is 5.61. The van der Waals surface area contributed by atoms with Crippen LogP contribution in [0.2, 0.25) is 0 Å². The summed E-state index contributed by atoms with van der Waals surface area (Å²) in [7, 11) is 3.18. The summed E-state index contributed by atoms with van der Waals surface area (Å²) in [5, 5.41) is 6.00. The van der Waals surface area contributed by atoms with Crippen molar-refractivity contribution in [1.82, 2.24) is 15.5 Å². The number of hydrogen-bond donors (Lipinski definition) is 2. The van der Waals surface area contributed by atoms with Crippen molar-refractivity contribution in [3.05, 3.63) is 23.8 Å². The zero-order chi connectivity index (χ0) is 19.6. The van der Waals surface area contributed by atoms with Gasteiger partial charge in [0, 0.05) is 37.3 Å². The van der Waals surface area contributed by atoms with Crippen molar-refractivity contribution < 1.29 is 19.1 Å². The summed E-state index contributed by atoms with van der Waals surface area (Å²) in [6.45, 7) is 4.83. The van der Waals surface area contributed by atoms with Crippen LogP contribution in [0.1, 0.15) is 31.7 Å². The van der Waals surface area contributed by atoms with Gasteiger partial charge in [0.2, 0.25) is 11.8 Å². The molecule has 7 nitrogen and oxygen atoms in total. The van der Waals surface area contributed by atoms with Crippen LogP contribution in [0.3, 0.4) is 0 Å². The molecule has 2 rings (SSSR count). The first-order valence-electron chi connectivity index (χ1n) is 9.55. The molecular weight excluding hydrogens is 346 g/mol. The molecule has 2 N–H and O–H groups in total. The second kappa shape index (κ2) is 10.8. The van der Waals surface area contributed by atoms with Crippen LogP contribution in [0.5, 0.6) is 11.5 Å². The first-order valence-corrected chi connectivity index (χ1v) is 9.55. The highest BCUT2D eigenvalue weighted by Gasteiger charge is 2.22. The van der Waals surface area contributed by atoms with Gasteiger partial charge in [-0.15, -0.1) is 0 Å². The zero-order valence-electron chi connectivity index (χ0n) is 16.5. The number of ether oxygens (including phenoxy) is 2. The Hall–Kier alpha value is -2.28. The van der Waals surface area contributed by atoms with Crippen molar-refractivity contribution in [2.45, 2.75) is 38.6 Å². The van der Waals surface area contributed by atoms with Gasteiger partial charge in [0.15, 0.2) is 0 Å². The molecule has 1 aliphatic rings. The molecule has 0 atom stereocenters. The predicted molar refractivity (Wildman–Crippen MR) is 104 cm³/mol. The van der Waals surface area contributed by atoms with E-state index in [0.29, 0.717) is 18.0 Å². The van der Waals surface area contributed by atoms with Gasteiger partial charge in [0.05, 0.1) is 27.2 Å². The molecule has 27 heavy (non-hydrogen) atoms. The molecule has 0 aromatic heterocycles. The minimum atomic E-state index is -0.0161. The number of rotatable bonds is 9. The monoisotopic (exact) mass is 377 g/mol. The quantitative estimate of drug-likeness (QED) is 0.679. The fraction of sp³-hybridized carbons (Fsp3) is 0.600. The van der Waals surface area contributed by atoms with Gasteiger partial charge < -0.3 is 20.1 Å². The molecule has 0 bridgehead atoms. The highest BCUT2D eigenvalue weighted by atomic mass is 16.5. The molecule has 0 spiro atoms. The zero-order valence-corrected chi connectivity index (χ0v) is 16.5. The second-order valence-corrected chi connectivity index (χ2v) is 6.82. The number of hydrogen-bond acceptors (Lipinski definition) is 5. The van der Waals surface area contributed by atoms with Crippen LogP contribution >= 0.6 is 0 Å². The molecule has 1 aliphatic heterocycles. The first-order chi connectivity index (χ1) is 13.0. The van der Waals surface area contributed by atoms with E-state index in [2.05, 4.69) is 15.5 Å². The second-order valence-electron chi connectivity index (χ2n) is 6.82. The third-order valence-corrected chi connectivity index (χ3v) is 4.74. The smallest absolute Gasteiger partial charge is 0.234 e. The minimum Gasteiger partial charge on any atom is -0.497 e. The molecule has 0 aliphatic carbocycles. The average Bonchev–Trinajstić information content (AvgIpc) is 2.68. The minimum absolute atomic E-state index is 0.0161. The number of carbonyl (C=O) groups excluding carboxylic acids is 2. The van der Waals surface area contributed by atoms with E-state index < -0.39 is 0 Å². The number of methoxy groups -OCH3 is 2. The van der Waals surface area contributed by atoms with Crippen LogP contribution in [-0.2, 0) is 16.0 Å². The Morgan fingerprint density at radius 1 is 1.15 bits per heavy atom. The molecule has 2 amide bonds. The van der Waals surface area contributed by atoms with E-state index in [1.807, 2.05) is 19.1 Å². The van der Waals surface area contributed by atoms with Crippen molar-refractivity contribution in [3.63, 3.8) is 0 Å². The summed E-state index contributed by atoms with van der Waals surface area (Å²) >= 11 is 0. The predicted octanol–water partition coefficient (Wildman–Crippen LogP) is 1.35. The van der Waals surface area contributed by atoms with Crippen LogP contribution in [0, 0.1) is 0 Å². The average molecular weight is 377 g/mol. The van der Waals surface area contributed by atoms with E-state index in [0.717, 1.165) is 44.5 Å². The number of amides is 2. The number of carbonyl (C=O) groups is 2. The Bertz CT molecular complexity index is 628. The third kappa shape index (κ3) is 6.75. The SMILES string of the molecule is CCCNC(=O)CN1CCC(NC(=O)Cc2ccc(OC)cc2OC)CC1. The van der Waals surface area contributed by atoms with Crippen LogP contribution in [0.15, 0.2) is 18.2 Å². The number of piperidine rings is 1. The van der Waals surface area contributed by atoms with Gasteiger partial charge in [-0.3, -0.25) is 14.5 Å². The number of likely N-dealkylation sites (tertiary alicyclic amines) is 1. The van der Waals surface area contributed by atoms with Crippen molar-refractivity contribution in [1.29, 1.82) is 0 Å². The van der Waals surface area contributed by atoms with Crippen molar-refractivity contribution >= 4 is 11.8 Å². The van der Waals surface area contributed by atoms with Gasteiger partial charge in [-0.1, -0.05) is 13.0 Å². The number of nitrogens with zero attached hydrogens (tertiary/aromatic N) is 1. The van der Waals surface area contributed by atoms with Crippen LogP contribution < -0.4 is 20.1 Å². The van der Waals surface area contributed by atoms with Crippen molar-refractivity contribution in [2.75, 3.05) is 40.4 Å². The molecule has 1 fully saturated rings. The van der Waals surface area contributed by atoms with E-state index in [1.165, 1.54) is 0 Å². The van der Waals surface area contributed by atoms with Gasteiger partial charge in [-0.25, -0.2) is 0 Å². The molecule has 1 saturated heterocycles. The molecule has 1 aromatic carbocycles. The Balaban J connectivity index is 1.77. The van der Waals surface area contributed by atoms with E-state index in [1.54, 1.807) is 20.3 Å². The fourth-order valence-corrected chi connectivity index (χ4v) is 3.21. The van der Waals surface area contributed by atoms with Gasteiger partial charge >= 0.3 is 0 Å². The highest BCUT2D eigenvalue weighted by Crippen LogP contribution is 2.25. The number of nitrogens with one attached hydrogen (secondary N) is 2. The van der Waals surface area contributed by atoms with Gasteiger partial charge in [-0.2, -0.15) is 0 Å². The lowest BCUT2D eigenvalue weighted by molar-refractivity contribution is -0.124. The Labute approximate surface area is 161 Å². The topological polar surface area (TPSA) is 79.9 Å². The normalized spacial score (nSPS) is 15.2. The maximum atomic E-state index is 12.4. The summed E-state index contributed by atoms with van der Waals surface area (Å²) < 4.78 is 10.5. The van der Waals surface area contributed by atoms with Crippen molar-refractivity contribution in [3.8, 4) is 11.5 Å². The van der Waals surface area contributed by atoms with Crippen LogP contribution in [0.4, 0.5) is 0 Å². The summed E-state index contributed by atoms with van der Waals surface area (Å²) in [5.41, 5.74) is 0.834. The van der Waals surface area contributed by atoms with Crippen LogP contribution in [-0.4, -0.2) is 63.2 Å². The molecular formula is C20H31N3O4. The molecule has 0 saturated carbocycles. The highest BCUT2D eigenvalue weighted by molar-refractivity contribution is 5.80.